The lowest BCUT2D eigenvalue weighted by Gasteiger charge is -2.25. The van der Waals surface area contributed by atoms with E-state index in [1.807, 2.05) is 60.7 Å². The maximum absolute atomic E-state index is 13.3. The number of esters is 1. The maximum atomic E-state index is 13.3. The van der Waals surface area contributed by atoms with E-state index < -0.39 is 17.8 Å². The highest BCUT2D eigenvalue weighted by molar-refractivity contribution is 6.30. The number of rotatable bonds is 6. The monoisotopic (exact) mass is 378 g/mol. The zero-order chi connectivity index (χ0) is 19.2. The minimum atomic E-state index is -0.999. The first kappa shape index (κ1) is 18.9. The summed E-state index contributed by atoms with van der Waals surface area (Å²) in [6.07, 6.45) is 0. The summed E-state index contributed by atoms with van der Waals surface area (Å²) in [7, 11) is 1.30. The van der Waals surface area contributed by atoms with E-state index in [-0.39, 0.29) is 5.78 Å². The van der Waals surface area contributed by atoms with E-state index in [9.17, 15) is 9.59 Å². The van der Waals surface area contributed by atoms with Gasteiger partial charge in [0.1, 0.15) is 5.92 Å². The van der Waals surface area contributed by atoms with Crippen LogP contribution in [0.3, 0.4) is 0 Å². The molecule has 0 saturated heterocycles. The molecule has 0 aliphatic carbocycles. The first-order valence-electron chi connectivity index (χ1n) is 8.59. The van der Waals surface area contributed by atoms with Gasteiger partial charge in [-0.3, -0.25) is 9.59 Å². The predicted octanol–water partition coefficient (Wildman–Crippen LogP) is 5.14. The van der Waals surface area contributed by atoms with Crippen LogP contribution in [0, 0.1) is 5.92 Å². The smallest absolute Gasteiger partial charge is 0.317 e. The van der Waals surface area contributed by atoms with Crippen molar-refractivity contribution in [2.75, 3.05) is 7.11 Å². The van der Waals surface area contributed by atoms with Crippen molar-refractivity contribution in [3.63, 3.8) is 0 Å². The molecule has 0 spiro atoms. The zero-order valence-electron chi connectivity index (χ0n) is 14.8. The summed E-state index contributed by atoms with van der Waals surface area (Å²) in [5.41, 5.74) is 2.18. The van der Waals surface area contributed by atoms with Gasteiger partial charge in [0.2, 0.25) is 0 Å². The summed E-state index contributed by atoms with van der Waals surface area (Å²) >= 11 is 5.94. The van der Waals surface area contributed by atoms with E-state index in [0.717, 1.165) is 11.1 Å². The van der Waals surface area contributed by atoms with Crippen LogP contribution in [0.4, 0.5) is 0 Å². The second-order valence-corrected chi connectivity index (χ2v) is 6.61. The first-order valence-corrected chi connectivity index (χ1v) is 8.97. The lowest BCUT2D eigenvalue weighted by atomic mass is 9.77. The number of halogens is 1. The Bertz CT molecular complexity index is 866. The molecule has 0 bridgehead atoms. The molecule has 0 radical (unpaired) electrons. The number of carbonyl (C=O) groups excluding carboxylic acids is 2. The average molecular weight is 379 g/mol. The topological polar surface area (TPSA) is 43.4 Å². The minimum Gasteiger partial charge on any atom is -0.468 e. The van der Waals surface area contributed by atoms with Crippen LogP contribution in [0.5, 0.6) is 0 Å². The molecule has 0 fully saturated rings. The summed E-state index contributed by atoms with van der Waals surface area (Å²) in [5.74, 6) is -2.31. The summed E-state index contributed by atoms with van der Waals surface area (Å²) in [6, 6.07) is 25.6. The van der Waals surface area contributed by atoms with E-state index in [2.05, 4.69) is 0 Å². The molecule has 3 aromatic carbocycles. The Morgan fingerprint density at radius 1 is 0.778 bits per heavy atom. The number of ketones is 1. The van der Waals surface area contributed by atoms with Crippen molar-refractivity contribution in [3.05, 3.63) is 107 Å². The van der Waals surface area contributed by atoms with E-state index in [1.165, 1.54) is 7.11 Å². The van der Waals surface area contributed by atoms with Crippen LogP contribution in [-0.2, 0) is 9.53 Å². The molecule has 0 N–H and O–H groups in total. The quantitative estimate of drug-likeness (QED) is 0.338. The first-order chi connectivity index (χ1) is 13.1. The summed E-state index contributed by atoms with van der Waals surface area (Å²) in [5, 5.41) is 0.531. The summed E-state index contributed by atoms with van der Waals surface area (Å²) in [4.78, 5) is 26.0. The van der Waals surface area contributed by atoms with Crippen LogP contribution in [0.1, 0.15) is 27.4 Å². The Morgan fingerprint density at radius 2 is 1.26 bits per heavy atom. The van der Waals surface area contributed by atoms with E-state index in [1.54, 1.807) is 24.3 Å². The summed E-state index contributed by atoms with van der Waals surface area (Å²) in [6.45, 7) is 0. The fourth-order valence-electron chi connectivity index (χ4n) is 3.21. The third-order valence-electron chi connectivity index (χ3n) is 4.52. The van der Waals surface area contributed by atoms with Crippen LogP contribution in [0.25, 0.3) is 0 Å². The van der Waals surface area contributed by atoms with Gasteiger partial charge in [-0.1, -0.05) is 72.3 Å². The van der Waals surface area contributed by atoms with Crippen molar-refractivity contribution in [2.24, 2.45) is 5.92 Å². The van der Waals surface area contributed by atoms with Gasteiger partial charge in [-0.2, -0.15) is 0 Å². The van der Waals surface area contributed by atoms with Crippen LogP contribution in [0.2, 0.25) is 5.02 Å². The van der Waals surface area contributed by atoms with Crippen LogP contribution >= 0.6 is 11.6 Å². The average Bonchev–Trinajstić information content (AvgIpc) is 2.72. The zero-order valence-corrected chi connectivity index (χ0v) is 15.6. The Kier molecular flexibility index (Phi) is 6.05. The largest absolute Gasteiger partial charge is 0.468 e. The third kappa shape index (κ3) is 4.26. The van der Waals surface area contributed by atoms with Gasteiger partial charge in [-0.25, -0.2) is 0 Å². The second kappa shape index (κ2) is 8.65. The van der Waals surface area contributed by atoms with Gasteiger partial charge < -0.3 is 4.74 Å². The SMILES string of the molecule is COC(=O)C(C(=O)c1ccc(Cl)cc1)C(c1ccccc1)c1ccccc1. The maximum Gasteiger partial charge on any atom is 0.317 e. The van der Waals surface area contributed by atoms with Crippen LogP contribution in [-0.4, -0.2) is 18.9 Å². The van der Waals surface area contributed by atoms with Gasteiger partial charge in [-0.15, -0.1) is 0 Å². The van der Waals surface area contributed by atoms with E-state index >= 15 is 0 Å². The normalized spacial score (nSPS) is 11.8. The molecule has 4 heteroatoms. The highest BCUT2D eigenvalue weighted by Gasteiger charge is 2.38. The number of hydrogen-bond donors (Lipinski definition) is 0. The second-order valence-electron chi connectivity index (χ2n) is 6.17. The molecule has 136 valence electrons. The number of hydrogen-bond acceptors (Lipinski definition) is 3. The molecule has 0 amide bonds. The van der Waals surface area contributed by atoms with Crippen molar-refractivity contribution in [3.8, 4) is 0 Å². The molecule has 27 heavy (non-hydrogen) atoms. The highest BCUT2D eigenvalue weighted by atomic mass is 35.5. The van der Waals surface area contributed by atoms with Gasteiger partial charge in [-0.05, 0) is 35.4 Å². The van der Waals surface area contributed by atoms with Gasteiger partial charge >= 0.3 is 5.97 Å². The number of Topliss-reactive ketones (excluding diaryl/α,β-unsaturated/α-hetero) is 1. The molecule has 0 aromatic heterocycles. The number of ether oxygens (including phenoxy) is 1. The molecule has 3 rings (SSSR count). The Morgan fingerprint density at radius 3 is 1.70 bits per heavy atom. The number of methoxy groups -OCH3 is 1. The van der Waals surface area contributed by atoms with Crippen LogP contribution in [0.15, 0.2) is 84.9 Å². The molecule has 0 heterocycles. The predicted molar refractivity (Wildman–Crippen MR) is 106 cm³/mol. The molecule has 1 atom stereocenters. The molecule has 0 aliphatic rings. The lowest BCUT2D eigenvalue weighted by molar-refractivity contribution is -0.144. The fraction of sp³-hybridized carbons (Fsp3) is 0.130. The summed E-state index contributed by atoms with van der Waals surface area (Å²) < 4.78 is 5.02. The van der Waals surface area contributed by atoms with Crippen LogP contribution < -0.4 is 0 Å². The van der Waals surface area contributed by atoms with Gasteiger partial charge in [0, 0.05) is 16.5 Å². The van der Waals surface area contributed by atoms with Gasteiger partial charge in [0.25, 0.3) is 0 Å². The number of carbonyl (C=O) groups is 2. The van der Waals surface area contributed by atoms with Crippen molar-refractivity contribution < 1.29 is 14.3 Å². The van der Waals surface area contributed by atoms with Crippen molar-refractivity contribution in [2.45, 2.75) is 5.92 Å². The van der Waals surface area contributed by atoms with E-state index in [0.29, 0.717) is 10.6 Å². The molecule has 0 aliphatic heterocycles. The standard InChI is InChI=1S/C23H19ClO3/c1-27-23(26)21(22(25)18-12-14-19(24)15-13-18)20(16-8-4-2-5-9-16)17-10-6-3-7-11-17/h2-15,20-21H,1H3. The fourth-order valence-corrected chi connectivity index (χ4v) is 3.34. The third-order valence-corrected chi connectivity index (χ3v) is 4.77. The highest BCUT2D eigenvalue weighted by Crippen LogP contribution is 2.35. The number of benzene rings is 3. The van der Waals surface area contributed by atoms with Crippen molar-refractivity contribution in [1.82, 2.24) is 0 Å². The molecule has 1 unspecified atom stereocenters. The van der Waals surface area contributed by atoms with Crippen molar-refractivity contribution in [1.29, 1.82) is 0 Å². The molecular formula is C23H19ClO3. The Balaban J connectivity index is 2.13. The molecular weight excluding hydrogens is 360 g/mol. The molecule has 0 saturated carbocycles. The van der Waals surface area contributed by atoms with E-state index in [4.69, 9.17) is 16.3 Å². The van der Waals surface area contributed by atoms with Gasteiger partial charge in [0.05, 0.1) is 7.11 Å². The minimum absolute atomic E-state index is 0.295. The molecule has 3 nitrogen and oxygen atoms in total. The lowest BCUT2D eigenvalue weighted by Crippen LogP contribution is -2.32. The Labute approximate surface area is 163 Å². The molecule has 3 aromatic rings. The van der Waals surface area contributed by atoms with Crippen molar-refractivity contribution >= 4 is 23.4 Å². The van der Waals surface area contributed by atoms with Gasteiger partial charge in [0.15, 0.2) is 5.78 Å². The Hall–Kier alpha value is -2.91.